The Kier molecular flexibility index (Phi) is 4.96. The predicted molar refractivity (Wildman–Crippen MR) is 78.5 cm³/mol. The molecule has 0 heterocycles. The van der Waals surface area contributed by atoms with Crippen LogP contribution in [0.15, 0.2) is 53.4 Å². The molecule has 0 aliphatic heterocycles. The molecule has 0 unspecified atom stereocenters. The maximum absolute atomic E-state index is 12.7. The van der Waals surface area contributed by atoms with E-state index in [1.165, 1.54) is 7.11 Å². The average Bonchev–Trinajstić information content (AvgIpc) is 2.52. The molecule has 0 fully saturated rings. The average molecular weight is 345 g/mol. The number of halogens is 3. The number of hydrogen-bond donors (Lipinski definition) is 1. The molecule has 2 aromatic rings. The number of sulfonamides is 1. The summed E-state index contributed by atoms with van der Waals surface area (Å²) >= 11 is 0. The van der Waals surface area contributed by atoms with E-state index in [1.807, 2.05) is 0 Å². The zero-order valence-electron chi connectivity index (χ0n) is 12.1. The fraction of sp³-hybridized carbons (Fsp3) is 0.200. The molecule has 0 bridgehead atoms. The first-order valence-corrected chi connectivity index (χ1v) is 8.01. The Morgan fingerprint density at radius 1 is 1.09 bits per heavy atom. The summed E-state index contributed by atoms with van der Waals surface area (Å²) < 4.78 is 69.7. The topological polar surface area (TPSA) is 55.4 Å². The molecule has 0 saturated heterocycles. The van der Waals surface area contributed by atoms with Crippen molar-refractivity contribution in [3.8, 4) is 5.75 Å². The summed E-state index contributed by atoms with van der Waals surface area (Å²) in [6, 6.07) is 10.3. The van der Waals surface area contributed by atoms with Crippen molar-refractivity contribution in [1.29, 1.82) is 0 Å². The van der Waals surface area contributed by atoms with E-state index in [4.69, 9.17) is 4.74 Å². The Morgan fingerprint density at radius 2 is 1.78 bits per heavy atom. The van der Waals surface area contributed by atoms with Crippen molar-refractivity contribution in [2.24, 2.45) is 0 Å². The molecule has 0 aromatic heterocycles. The lowest BCUT2D eigenvalue weighted by molar-refractivity contribution is -0.137. The first-order chi connectivity index (χ1) is 10.7. The van der Waals surface area contributed by atoms with Crippen LogP contribution in [0.4, 0.5) is 13.2 Å². The molecule has 124 valence electrons. The smallest absolute Gasteiger partial charge is 0.416 e. The van der Waals surface area contributed by atoms with E-state index >= 15 is 0 Å². The van der Waals surface area contributed by atoms with E-state index in [2.05, 4.69) is 4.72 Å². The second-order valence-corrected chi connectivity index (χ2v) is 6.43. The number of nitrogens with one attached hydrogen (secondary N) is 1. The largest absolute Gasteiger partial charge is 0.496 e. The van der Waals surface area contributed by atoms with Gasteiger partial charge in [-0.15, -0.1) is 0 Å². The summed E-state index contributed by atoms with van der Waals surface area (Å²) in [4.78, 5) is -0.442. The van der Waals surface area contributed by atoms with Crippen LogP contribution >= 0.6 is 0 Å². The predicted octanol–water partition coefficient (Wildman–Crippen LogP) is 3.19. The third kappa shape index (κ3) is 4.23. The highest BCUT2D eigenvalue weighted by Crippen LogP contribution is 2.30. The first-order valence-electron chi connectivity index (χ1n) is 6.53. The molecule has 0 radical (unpaired) electrons. The molecular weight excluding hydrogens is 331 g/mol. The summed E-state index contributed by atoms with van der Waals surface area (Å²) in [6.45, 7) is -0.0947. The summed E-state index contributed by atoms with van der Waals surface area (Å²) in [7, 11) is -2.63. The molecule has 0 spiro atoms. The standard InChI is InChI=1S/C15H14F3NO3S/c1-22-14-8-3-2-5-11(14)10-19-23(20,21)13-7-4-6-12(9-13)15(16,17)18/h2-9,19H,10H2,1H3. The summed E-state index contributed by atoms with van der Waals surface area (Å²) in [5.41, 5.74) is -0.441. The van der Waals surface area contributed by atoms with Gasteiger partial charge in [0.2, 0.25) is 10.0 Å². The van der Waals surface area contributed by atoms with Crippen LogP contribution in [0.1, 0.15) is 11.1 Å². The van der Waals surface area contributed by atoms with Gasteiger partial charge in [0.05, 0.1) is 17.6 Å². The van der Waals surface area contributed by atoms with Crippen LogP contribution < -0.4 is 9.46 Å². The van der Waals surface area contributed by atoms with E-state index in [0.29, 0.717) is 17.4 Å². The lowest BCUT2D eigenvalue weighted by Gasteiger charge is -2.12. The molecule has 1 N–H and O–H groups in total. The van der Waals surface area contributed by atoms with Crippen molar-refractivity contribution < 1.29 is 26.3 Å². The number of para-hydroxylation sites is 1. The third-order valence-electron chi connectivity index (χ3n) is 3.12. The molecule has 23 heavy (non-hydrogen) atoms. The van der Waals surface area contributed by atoms with Gasteiger partial charge in [-0.25, -0.2) is 13.1 Å². The van der Waals surface area contributed by atoms with Crippen LogP contribution in [0, 0.1) is 0 Å². The van der Waals surface area contributed by atoms with E-state index < -0.39 is 26.7 Å². The number of ether oxygens (including phenoxy) is 1. The normalized spacial score (nSPS) is 12.2. The Morgan fingerprint density at radius 3 is 2.43 bits per heavy atom. The number of methoxy groups -OCH3 is 1. The SMILES string of the molecule is COc1ccccc1CNS(=O)(=O)c1cccc(C(F)(F)F)c1. The molecule has 0 saturated carbocycles. The highest BCUT2D eigenvalue weighted by molar-refractivity contribution is 7.89. The third-order valence-corrected chi connectivity index (χ3v) is 4.52. The summed E-state index contributed by atoms with van der Waals surface area (Å²) in [5, 5.41) is 0. The minimum Gasteiger partial charge on any atom is -0.496 e. The second kappa shape index (κ2) is 6.59. The van der Waals surface area contributed by atoms with Crippen LogP contribution in [0.2, 0.25) is 0 Å². The maximum Gasteiger partial charge on any atom is 0.416 e. The van der Waals surface area contributed by atoms with Gasteiger partial charge in [0, 0.05) is 12.1 Å². The zero-order valence-corrected chi connectivity index (χ0v) is 12.9. The minimum absolute atomic E-state index is 0.0947. The molecule has 4 nitrogen and oxygen atoms in total. The molecule has 2 aromatic carbocycles. The van der Waals surface area contributed by atoms with E-state index in [0.717, 1.165) is 18.2 Å². The number of benzene rings is 2. The van der Waals surface area contributed by atoms with Crippen LogP contribution in [-0.2, 0) is 22.7 Å². The van der Waals surface area contributed by atoms with Gasteiger partial charge < -0.3 is 4.74 Å². The molecule has 0 amide bonds. The Bertz CT molecular complexity index is 789. The van der Waals surface area contributed by atoms with Crippen molar-refractivity contribution in [2.45, 2.75) is 17.6 Å². The van der Waals surface area contributed by atoms with Gasteiger partial charge in [-0.3, -0.25) is 0 Å². The van der Waals surface area contributed by atoms with Crippen LogP contribution in [-0.4, -0.2) is 15.5 Å². The van der Waals surface area contributed by atoms with Crippen molar-refractivity contribution in [1.82, 2.24) is 4.72 Å². The van der Waals surface area contributed by atoms with Crippen molar-refractivity contribution >= 4 is 10.0 Å². The molecule has 0 aliphatic rings. The molecular formula is C15H14F3NO3S. The Labute approximate surface area is 132 Å². The maximum atomic E-state index is 12.7. The monoisotopic (exact) mass is 345 g/mol. The Balaban J connectivity index is 2.23. The number of alkyl halides is 3. The fourth-order valence-corrected chi connectivity index (χ4v) is 3.00. The fourth-order valence-electron chi connectivity index (χ4n) is 1.94. The quantitative estimate of drug-likeness (QED) is 0.905. The Hall–Kier alpha value is -2.06. The van der Waals surface area contributed by atoms with Crippen LogP contribution in [0.25, 0.3) is 0 Å². The van der Waals surface area contributed by atoms with Gasteiger partial charge in [0.25, 0.3) is 0 Å². The van der Waals surface area contributed by atoms with Gasteiger partial charge in [0.1, 0.15) is 5.75 Å². The van der Waals surface area contributed by atoms with Crippen molar-refractivity contribution in [3.63, 3.8) is 0 Å². The lowest BCUT2D eigenvalue weighted by Crippen LogP contribution is -2.24. The van der Waals surface area contributed by atoms with Gasteiger partial charge in [0.15, 0.2) is 0 Å². The highest BCUT2D eigenvalue weighted by Gasteiger charge is 2.31. The lowest BCUT2D eigenvalue weighted by atomic mass is 10.2. The molecule has 2 rings (SSSR count). The van der Waals surface area contributed by atoms with Gasteiger partial charge in [-0.2, -0.15) is 13.2 Å². The zero-order chi connectivity index (χ0) is 17.1. The highest BCUT2D eigenvalue weighted by atomic mass is 32.2. The van der Waals surface area contributed by atoms with Crippen molar-refractivity contribution in [3.05, 3.63) is 59.7 Å². The number of hydrogen-bond acceptors (Lipinski definition) is 3. The second-order valence-electron chi connectivity index (χ2n) is 4.66. The van der Waals surface area contributed by atoms with Crippen LogP contribution in [0.3, 0.4) is 0 Å². The van der Waals surface area contributed by atoms with Gasteiger partial charge in [-0.05, 0) is 24.3 Å². The van der Waals surface area contributed by atoms with Crippen molar-refractivity contribution in [2.75, 3.05) is 7.11 Å². The molecule has 0 atom stereocenters. The van der Waals surface area contributed by atoms with E-state index in [-0.39, 0.29) is 6.54 Å². The minimum atomic E-state index is -4.60. The first kappa shape index (κ1) is 17.3. The summed E-state index contributed by atoms with van der Waals surface area (Å²) in [6.07, 6.45) is -4.60. The molecule has 0 aliphatic carbocycles. The molecule has 8 heteroatoms. The van der Waals surface area contributed by atoms with Gasteiger partial charge >= 0.3 is 6.18 Å². The number of rotatable bonds is 5. The van der Waals surface area contributed by atoms with Gasteiger partial charge in [-0.1, -0.05) is 24.3 Å². The van der Waals surface area contributed by atoms with E-state index in [1.54, 1.807) is 24.3 Å². The van der Waals surface area contributed by atoms with Crippen LogP contribution in [0.5, 0.6) is 5.75 Å². The van der Waals surface area contributed by atoms with E-state index in [9.17, 15) is 21.6 Å². The summed E-state index contributed by atoms with van der Waals surface area (Å²) in [5.74, 6) is 0.485.